The van der Waals surface area contributed by atoms with Crippen LogP contribution in [0.25, 0.3) is 0 Å². The lowest BCUT2D eigenvalue weighted by Crippen LogP contribution is -2.50. The highest BCUT2D eigenvalue weighted by atomic mass is 32.1. The maximum Gasteiger partial charge on any atom is 0.290 e. The number of nitrogens with zero attached hydrogens (tertiary/aromatic N) is 6. The summed E-state index contributed by atoms with van der Waals surface area (Å²) >= 11 is 1.43. The van der Waals surface area contributed by atoms with E-state index in [4.69, 9.17) is 9.90 Å². The van der Waals surface area contributed by atoms with Crippen molar-refractivity contribution in [2.45, 2.75) is 19.8 Å². The zero-order valence-corrected chi connectivity index (χ0v) is 17.5. The minimum atomic E-state index is -0.293. The molecule has 10 nitrogen and oxygen atoms in total. The molecule has 1 unspecified atom stereocenters. The van der Waals surface area contributed by atoms with Gasteiger partial charge in [-0.05, 0) is 18.6 Å². The number of hydrogen-bond acceptors (Lipinski definition) is 8. The fourth-order valence-electron chi connectivity index (χ4n) is 3.55. The lowest BCUT2D eigenvalue weighted by Gasteiger charge is -2.37. The summed E-state index contributed by atoms with van der Waals surface area (Å²) < 4.78 is 0. The highest BCUT2D eigenvalue weighted by molar-refractivity contribution is 7.15. The maximum absolute atomic E-state index is 12.9. The maximum atomic E-state index is 12.9. The molecule has 2 fully saturated rings. The fraction of sp³-hybridized carbons (Fsp3) is 0.474. The molecule has 0 aliphatic carbocycles. The van der Waals surface area contributed by atoms with Crippen LogP contribution in [0.3, 0.4) is 0 Å². The van der Waals surface area contributed by atoms with Gasteiger partial charge in [-0.25, -0.2) is 0 Å². The van der Waals surface area contributed by atoms with Gasteiger partial charge >= 0.3 is 0 Å². The molecule has 2 aromatic heterocycles. The van der Waals surface area contributed by atoms with Crippen LogP contribution in [0.15, 0.2) is 24.5 Å². The van der Waals surface area contributed by atoms with E-state index in [-0.39, 0.29) is 30.6 Å². The number of amides is 2. The number of rotatable bonds is 4. The molecule has 0 bridgehead atoms. The zero-order valence-electron chi connectivity index (χ0n) is 16.7. The molecule has 2 aliphatic rings. The molecule has 2 aromatic rings. The lowest BCUT2D eigenvalue weighted by atomic mass is 10.1. The van der Waals surface area contributed by atoms with Gasteiger partial charge in [-0.2, -0.15) is 0 Å². The van der Waals surface area contributed by atoms with Crippen molar-refractivity contribution < 1.29 is 19.5 Å². The first-order valence-corrected chi connectivity index (χ1v) is 10.5. The molecular formula is C19H24N6O4S. The first kappa shape index (κ1) is 21.6. The van der Waals surface area contributed by atoms with E-state index in [1.165, 1.54) is 11.3 Å². The lowest BCUT2D eigenvalue weighted by molar-refractivity contribution is -0.136. The van der Waals surface area contributed by atoms with Gasteiger partial charge in [0.15, 0.2) is 0 Å². The van der Waals surface area contributed by atoms with Crippen LogP contribution in [0, 0.1) is 5.92 Å². The van der Waals surface area contributed by atoms with E-state index >= 15 is 0 Å². The highest BCUT2D eigenvalue weighted by Crippen LogP contribution is 2.29. The molecule has 1 atom stereocenters. The summed E-state index contributed by atoms with van der Waals surface area (Å²) in [6.45, 7) is 5.08. The predicted molar refractivity (Wildman–Crippen MR) is 111 cm³/mol. The second-order valence-corrected chi connectivity index (χ2v) is 7.90. The van der Waals surface area contributed by atoms with Crippen molar-refractivity contribution in [1.82, 2.24) is 20.1 Å². The molecule has 0 radical (unpaired) electrons. The van der Waals surface area contributed by atoms with Crippen molar-refractivity contribution in [2.24, 2.45) is 5.92 Å². The molecule has 4 heterocycles. The Morgan fingerprint density at radius 1 is 1.23 bits per heavy atom. The summed E-state index contributed by atoms with van der Waals surface area (Å²) in [5.74, 6) is -0.262. The van der Waals surface area contributed by atoms with Gasteiger partial charge in [0.2, 0.25) is 16.9 Å². The number of carboxylic acid groups (broad SMARTS) is 1. The van der Waals surface area contributed by atoms with Crippen molar-refractivity contribution in [3.05, 3.63) is 29.5 Å². The molecule has 160 valence electrons. The molecule has 2 amide bonds. The topological polar surface area (TPSA) is 120 Å². The number of piperazine rings is 1. The summed E-state index contributed by atoms with van der Waals surface area (Å²) in [7, 11) is 0. The molecule has 0 saturated carbocycles. The van der Waals surface area contributed by atoms with E-state index < -0.39 is 0 Å². The summed E-state index contributed by atoms with van der Waals surface area (Å²) in [5.41, 5.74) is 1.13. The molecule has 2 aliphatic heterocycles. The van der Waals surface area contributed by atoms with Gasteiger partial charge in [0.25, 0.3) is 6.47 Å². The van der Waals surface area contributed by atoms with Gasteiger partial charge in [-0.15, -0.1) is 10.2 Å². The molecule has 0 aromatic carbocycles. The van der Waals surface area contributed by atoms with Gasteiger partial charge in [0.05, 0.1) is 5.92 Å². The number of aromatic nitrogens is 3. The third-order valence-corrected chi connectivity index (χ3v) is 6.17. The van der Waals surface area contributed by atoms with Crippen LogP contribution in [0.2, 0.25) is 0 Å². The highest BCUT2D eigenvalue weighted by Gasteiger charge is 2.39. The van der Waals surface area contributed by atoms with Crippen molar-refractivity contribution in [2.75, 3.05) is 42.5 Å². The Labute approximate surface area is 178 Å². The molecule has 4 rings (SSSR count). The van der Waals surface area contributed by atoms with Gasteiger partial charge in [-0.1, -0.05) is 18.3 Å². The molecule has 30 heavy (non-hydrogen) atoms. The minimum Gasteiger partial charge on any atom is -0.483 e. The fourth-order valence-corrected chi connectivity index (χ4v) is 4.36. The minimum absolute atomic E-state index is 0.0393. The van der Waals surface area contributed by atoms with Gasteiger partial charge in [0.1, 0.15) is 5.01 Å². The average Bonchev–Trinajstić information content (AvgIpc) is 3.41. The summed E-state index contributed by atoms with van der Waals surface area (Å²) in [5, 5.41) is 16.6. The molecule has 11 heteroatoms. The molecule has 1 N–H and O–H groups in total. The Morgan fingerprint density at radius 2 is 1.90 bits per heavy atom. The third kappa shape index (κ3) is 4.90. The number of carbonyl (C=O) groups is 3. The molecule has 2 saturated heterocycles. The first-order valence-electron chi connectivity index (χ1n) is 9.71. The van der Waals surface area contributed by atoms with Crippen LogP contribution in [0.4, 0.5) is 10.8 Å². The normalized spacial score (nSPS) is 18.8. The van der Waals surface area contributed by atoms with Crippen molar-refractivity contribution in [3.8, 4) is 0 Å². The Hall–Kier alpha value is -3.08. The number of pyridine rings is 1. The van der Waals surface area contributed by atoms with Crippen LogP contribution in [0.5, 0.6) is 0 Å². The third-order valence-electron chi connectivity index (χ3n) is 5.08. The van der Waals surface area contributed by atoms with Crippen LogP contribution in [-0.4, -0.2) is 76.2 Å². The van der Waals surface area contributed by atoms with Gasteiger partial charge < -0.3 is 14.9 Å². The van der Waals surface area contributed by atoms with E-state index in [1.807, 2.05) is 24.0 Å². The van der Waals surface area contributed by atoms with Crippen LogP contribution in [0.1, 0.15) is 18.4 Å². The summed E-state index contributed by atoms with van der Waals surface area (Å²) in [6, 6.07) is 3.97. The second-order valence-electron chi connectivity index (χ2n) is 6.86. The van der Waals surface area contributed by atoms with Crippen LogP contribution >= 0.6 is 11.3 Å². The quantitative estimate of drug-likeness (QED) is 0.708. The van der Waals surface area contributed by atoms with E-state index in [9.17, 15) is 9.59 Å². The largest absolute Gasteiger partial charge is 0.483 e. The number of hydrogen-bond donors (Lipinski definition) is 1. The Morgan fingerprint density at radius 3 is 2.50 bits per heavy atom. The SMILES string of the molecule is CCc1nnc(N2CC(C(=O)N3CCN(c4ccncc4)CC3)CC2=O)s1.O=CO. The van der Waals surface area contributed by atoms with Crippen molar-refractivity contribution in [3.63, 3.8) is 0 Å². The van der Waals surface area contributed by atoms with Crippen molar-refractivity contribution >= 4 is 40.4 Å². The van der Waals surface area contributed by atoms with Crippen LogP contribution < -0.4 is 9.80 Å². The number of anilines is 2. The standard InChI is InChI=1S/C18H22N6O2S.CH2O2/c1-2-15-20-21-18(27-15)24-12-13(11-16(24)25)17(26)23-9-7-22(8-10-23)14-3-5-19-6-4-14;2-1-3/h3-6,13H,2,7-12H2,1H3;1H,(H,2,3). The van der Waals surface area contributed by atoms with E-state index in [0.29, 0.717) is 24.8 Å². The summed E-state index contributed by atoms with van der Waals surface area (Å²) in [6.07, 6.45) is 4.61. The first-order chi connectivity index (χ1) is 14.6. The van der Waals surface area contributed by atoms with Gasteiger partial charge in [-0.3, -0.25) is 24.3 Å². The second kappa shape index (κ2) is 10.1. The van der Waals surface area contributed by atoms with Crippen LogP contribution in [-0.2, 0) is 20.8 Å². The summed E-state index contributed by atoms with van der Waals surface area (Å²) in [4.78, 5) is 43.5. The number of carbonyl (C=O) groups excluding carboxylic acids is 2. The van der Waals surface area contributed by atoms with E-state index in [0.717, 1.165) is 30.2 Å². The smallest absolute Gasteiger partial charge is 0.290 e. The van der Waals surface area contributed by atoms with Crippen molar-refractivity contribution in [1.29, 1.82) is 0 Å². The van der Waals surface area contributed by atoms with E-state index in [1.54, 1.807) is 17.3 Å². The Bertz CT molecular complexity index is 869. The number of aryl methyl sites for hydroxylation is 1. The molecular weight excluding hydrogens is 408 g/mol. The predicted octanol–water partition coefficient (Wildman–Crippen LogP) is 0.898. The molecule has 0 spiro atoms. The Balaban J connectivity index is 0.000000806. The van der Waals surface area contributed by atoms with E-state index in [2.05, 4.69) is 20.1 Å². The average molecular weight is 433 g/mol. The zero-order chi connectivity index (χ0) is 21.5. The monoisotopic (exact) mass is 432 g/mol. The van der Waals surface area contributed by atoms with Gasteiger partial charge in [0, 0.05) is 57.2 Å². The Kier molecular flexibility index (Phi) is 7.28.